The van der Waals surface area contributed by atoms with E-state index < -0.39 is 28.1 Å². The molecule has 2 aromatic rings. The number of hydrogen-bond acceptors (Lipinski definition) is 6. The highest BCUT2D eigenvalue weighted by atomic mass is 32.2. The fourth-order valence-electron chi connectivity index (χ4n) is 1.84. The predicted molar refractivity (Wildman–Crippen MR) is 96.5 cm³/mol. The van der Waals surface area contributed by atoms with Crippen LogP contribution in [0.4, 0.5) is 24.7 Å². The molecule has 0 spiro atoms. The van der Waals surface area contributed by atoms with Crippen molar-refractivity contribution in [3.8, 4) is 0 Å². The summed E-state index contributed by atoms with van der Waals surface area (Å²) in [6, 6.07) is 9.04. The quantitative estimate of drug-likeness (QED) is 0.651. The number of aromatic nitrogens is 1. The number of rotatable bonds is 5. The van der Waals surface area contributed by atoms with Crippen molar-refractivity contribution < 1.29 is 41.4 Å². The van der Waals surface area contributed by atoms with Crippen LogP contribution < -0.4 is 9.62 Å². The van der Waals surface area contributed by atoms with Crippen LogP contribution in [0.3, 0.4) is 0 Å². The molecule has 2 rings (SSSR count). The monoisotopic (exact) mass is 435 g/mol. The van der Waals surface area contributed by atoms with E-state index in [0.717, 1.165) is 0 Å². The lowest BCUT2D eigenvalue weighted by molar-refractivity contribution is -0.192. The number of aromatic carboxylic acids is 1. The number of nitrogens with zero attached hydrogens (tertiary/aromatic N) is 2. The molecule has 1 heterocycles. The number of pyridine rings is 1. The smallest absolute Gasteiger partial charge is 0.478 e. The Morgan fingerprint density at radius 2 is 1.62 bits per heavy atom. The summed E-state index contributed by atoms with van der Waals surface area (Å²) in [5.74, 6) is -3.69. The van der Waals surface area contributed by atoms with Crippen molar-refractivity contribution in [2.24, 2.45) is 0 Å². The summed E-state index contributed by atoms with van der Waals surface area (Å²) in [5, 5.41) is 16.3. The van der Waals surface area contributed by atoms with Crippen LogP contribution in [-0.2, 0) is 14.8 Å². The van der Waals surface area contributed by atoms with Gasteiger partial charge >= 0.3 is 18.1 Å². The van der Waals surface area contributed by atoms with Gasteiger partial charge < -0.3 is 15.1 Å². The molecule has 0 saturated carbocycles. The first-order valence-corrected chi connectivity index (χ1v) is 9.02. The van der Waals surface area contributed by atoms with Crippen LogP contribution in [-0.4, -0.2) is 55.8 Å². The molecule has 3 N–H and O–H groups in total. The second-order valence-electron chi connectivity index (χ2n) is 5.52. The number of alkyl halides is 3. The van der Waals surface area contributed by atoms with Gasteiger partial charge in [0.1, 0.15) is 11.4 Å². The Labute approximate surface area is 163 Å². The third kappa shape index (κ3) is 6.95. The Balaban J connectivity index is 0.000000516. The van der Waals surface area contributed by atoms with E-state index in [1.54, 1.807) is 37.2 Å². The number of anilines is 2. The summed E-state index contributed by atoms with van der Waals surface area (Å²) in [7, 11) is -0.475. The Morgan fingerprint density at radius 1 is 1.10 bits per heavy atom. The summed E-state index contributed by atoms with van der Waals surface area (Å²) in [5.41, 5.74) is 0.00474. The third-order valence-corrected chi connectivity index (χ3v) is 4.47. The minimum atomic E-state index is -5.08. The third-order valence-electron chi connectivity index (χ3n) is 3.07. The number of benzene rings is 1. The molecule has 1 aromatic heterocycles. The summed E-state index contributed by atoms with van der Waals surface area (Å²) < 4.78 is 58.5. The van der Waals surface area contributed by atoms with Gasteiger partial charge in [0.25, 0.3) is 10.0 Å². The van der Waals surface area contributed by atoms with Crippen molar-refractivity contribution in [3.05, 3.63) is 48.2 Å². The van der Waals surface area contributed by atoms with Crippen molar-refractivity contribution in [1.82, 2.24) is 4.98 Å². The molecule has 0 aliphatic rings. The van der Waals surface area contributed by atoms with E-state index in [2.05, 4.69) is 9.71 Å². The van der Waals surface area contributed by atoms with Crippen LogP contribution in [0.15, 0.2) is 47.5 Å². The van der Waals surface area contributed by atoms with E-state index in [0.29, 0.717) is 0 Å². The summed E-state index contributed by atoms with van der Waals surface area (Å²) in [6.07, 6.45) is -3.80. The second-order valence-corrected chi connectivity index (χ2v) is 7.20. The zero-order chi connectivity index (χ0) is 22.4. The van der Waals surface area contributed by atoms with E-state index >= 15 is 0 Å². The average Bonchev–Trinajstić information content (AvgIpc) is 2.61. The van der Waals surface area contributed by atoms with Crippen LogP contribution in [0.5, 0.6) is 0 Å². The van der Waals surface area contributed by atoms with Gasteiger partial charge in [-0.3, -0.25) is 4.72 Å². The van der Waals surface area contributed by atoms with E-state index in [1.807, 2.05) is 0 Å². The molecule has 0 unspecified atom stereocenters. The highest BCUT2D eigenvalue weighted by Gasteiger charge is 2.38. The van der Waals surface area contributed by atoms with Crippen molar-refractivity contribution >= 4 is 33.5 Å². The van der Waals surface area contributed by atoms with Crippen LogP contribution in [0.25, 0.3) is 0 Å². The SMILES string of the molecule is CN(C)c1ncc(NS(=O)(=O)c2ccccc2)cc1C(=O)O.O=C(O)C(F)(F)F. The maximum atomic E-state index is 12.2. The van der Waals surface area contributed by atoms with Crippen molar-refractivity contribution in [3.63, 3.8) is 0 Å². The summed E-state index contributed by atoms with van der Waals surface area (Å²) in [6.45, 7) is 0. The minimum Gasteiger partial charge on any atom is -0.478 e. The molecule has 0 bridgehead atoms. The Bertz CT molecular complexity index is 979. The molecule has 9 nitrogen and oxygen atoms in total. The van der Waals surface area contributed by atoms with Gasteiger partial charge in [-0.05, 0) is 18.2 Å². The van der Waals surface area contributed by atoms with Gasteiger partial charge in [-0.25, -0.2) is 23.0 Å². The number of carbonyl (C=O) groups is 2. The molecule has 0 atom stereocenters. The Kier molecular flexibility index (Phi) is 7.54. The lowest BCUT2D eigenvalue weighted by atomic mass is 10.2. The zero-order valence-electron chi connectivity index (χ0n) is 15.0. The van der Waals surface area contributed by atoms with Gasteiger partial charge in [0.2, 0.25) is 0 Å². The summed E-state index contributed by atoms with van der Waals surface area (Å²) >= 11 is 0. The van der Waals surface area contributed by atoms with E-state index in [9.17, 15) is 31.5 Å². The van der Waals surface area contributed by atoms with E-state index in [-0.39, 0.29) is 22.0 Å². The molecular weight excluding hydrogens is 419 g/mol. The van der Waals surface area contributed by atoms with Gasteiger partial charge in [-0.2, -0.15) is 13.2 Å². The number of carboxylic acid groups (broad SMARTS) is 2. The molecule has 0 amide bonds. The van der Waals surface area contributed by atoms with Gasteiger partial charge in [0.15, 0.2) is 0 Å². The van der Waals surface area contributed by atoms with Gasteiger partial charge in [-0.1, -0.05) is 18.2 Å². The molecule has 0 saturated heterocycles. The molecule has 0 aliphatic heterocycles. The lowest BCUT2D eigenvalue weighted by Crippen LogP contribution is -2.21. The zero-order valence-corrected chi connectivity index (χ0v) is 15.8. The van der Waals surface area contributed by atoms with Crippen molar-refractivity contribution in [2.45, 2.75) is 11.1 Å². The topological polar surface area (TPSA) is 137 Å². The second kappa shape index (κ2) is 9.23. The normalized spacial score (nSPS) is 11.1. The highest BCUT2D eigenvalue weighted by Crippen LogP contribution is 2.22. The first-order valence-electron chi connectivity index (χ1n) is 7.54. The number of aliphatic carboxylic acids is 1. The fourth-order valence-corrected chi connectivity index (χ4v) is 2.90. The molecule has 29 heavy (non-hydrogen) atoms. The average molecular weight is 435 g/mol. The maximum Gasteiger partial charge on any atom is 0.490 e. The fraction of sp³-hybridized carbons (Fsp3) is 0.188. The molecule has 13 heteroatoms. The van der Waals surface area contributed by atoms with Gasteiger partial charge in [-0.15, -0.1) is 0 Å². The molecule has 158 valence electrons. The highest BCUT2D eigenvalue weighted by molar-refractivity contribution is 7.92. The first kappa shape index (κ1) is 23.7. The number of carboxylic acids is 2. The van der Waals surface area contributed by atoms with Crippen LogP contribution in [0, 0.1) is 0 Å². The number of nitrogens with one attached hydrogen (secondary N) is 1. The number of sulfonamides is 1. The molecule has 0 aliphatic carbocycles. The Morgan fingerprint density at radius 3 is 2.03 bits per heavy atom. The number of halogens is 3. The van der Waals surface area contributed by atoms with E-state index in [1.165, 1.54) is 24.4 Å². The summed E-state index contributed by atoms with van der Waals surface area (Å²) in [4.78, 5) is 25.8. The maximum absolute atomic E-state index is 12.2. The van der Waals surface area contributed by atoms with Crippen molar-refractivity contribution in [2.75, 3.05) is 23.7 Å². The predicted octanol–water partition coefficient (Wildman–Crippen LogP) is 2.28. The molecule has 0 fully saturated rings. The molecule has 0 radical (unpaired) electrons. The van der Waals surface area contributed by atoms with E-state index in [4.69, 9.17) is 9.90 Å². The van der Waals surface area contributed by atoms with Crippen LogP contribution >= 0.6 is 0 Å². The van der Waals surface area contributed by atoms with Crippen molar-refractivity contribution in [1.29, 1.82) is 0 Å². The standard InChI is InChI=1S/C14H15N3O4S.C2HF3O2/c1-17(2)13-12(14(18)19)8-10(9-15-13)16-22(20,21)11-6-4-3-5-7-11;3-2(4,5)1(6)7/h3-9,16H,1-2H3,(H,18,19);(H,6,7). The first-order chi connectivity index (χ1) is 13.3. The van der Waals surface area contributed by atoms with Gasteiger partial charge in [0, 0.05) is 14.1 Å². The van der Waals surface area contributed by atoms with Gasteiger partial charge in [0.05, 0.1) is 16.8 Å². The van der Waals surface area contributed by atoms with Crippen LogP contribution in [0.1, 0.15) is 10.4 Å². The van der Waals surface area contributed by atoms with Crippen LogP contribution in [0.2, 0.25) is 0 Å². The number of hydrogen-bond donors (Lipinski definition) is 3. The largest absolute Gasteiger partial charge is 0.490 e. The molecular formula is C16H16F3N3O6S. The lowest BCUT2D eigenvalue weighted by Gasteiger charge is -2.15. The minimum absolute atomic E-state index is 0.0849. The Hall–Kier alpha value is -3.35. The molecule has 1 aromatic carbocycles.